The fourth-order valence-corrected chi connectivity index (χ4v) is 2.44. The molecule has 0 spiro atoms. The van der Waals surface area contributed by atoms with E-state index < -0.39 is 5.60 Å². The number of amides is 1. The summed E-state index contributed by atoms with van der Waals surface area (Å²) in [6.07, 6.45) is 2.88. The summed E-state index contributed by atoms with van der Waals surface area (Å²) >= 11 is 0. The fraction of sp³-hybridized carbons (Fsp3) is 0.714. The van der Waals surface area contributed by atoms with Crippen LogP contribution in [0.1, 0.15) is 40.5 Å². The molecule has 0 aliphatic carbocycles. The van der Waals surface area contributed by atoms with E-state index in [1.807, 2.05) is 20.8 Å². The summed E-state index contributed by atoms with van der Waals surface area (Å²) in [6.45, 7) is 7.91. The van der Waals surface area contributed by atoms with E-state index in [-0.39, 0.29) is 24.2 Å². The molecule has 0 radical (unpaired) electrons. The Bertz CT molecular complexity index is 422. The third-order valence-electron chi connectivity index (χ3n) is 3.29. The maximum atomic E-state index is 12.1. The van der Waals surface area contributed by atoms with Gasteiger partial charge in [-0.1, -0.05) is 0 Å². The molecule has 2 rings (SSSR count). The lowest BCUT2D eigenvalue weighted by molar-refractivity contribution is -0.141. The Morgan fingerprint density at radius 2 is 2.16 bits per heavy atom. The topological polar surface area (TPSA) is 55.8 Å². The number of hydrogen-bond donors (Lipinski definition) is 0. The van der Waals surface area contributed by atoms with Crippen molar-refractivity contribution in [2.24, 2.45) is 0 Å². The van der Waals surface area contributed by atoms with Crippen LogP contribution in [0.2, 0.25) is 0 Å². The molecule has 19 heavy (non-hydrogen) atoms. The average Bonchev–Trinajstić information content (AvgIpc) is 2.83. The van der Waals surface area contributed by atoms with E-state index in [1.54, 1.807) is 17.9 Å². The van der Waals surface area contributed by atoms with Gasteiger partial charge < -0.3 is 14.4 Å². The van der Waals surface area contributed by atoms with Crippen LogP contribution < -0.4 is 0 Å². The number of carbonyl (C=O) groups is 2. The lowest BCUT2D eigenvalue weighted by Crippen LogP contribution is -2.44. The van der Waals surface area contributed by atoms with Crippen LogP contribution in [-0.4, -0.2) is 41.3 Å². The first-order chi connectivity index (χ1) is 8.78. The zero-order valence-electron chi connectivity index (χ0n) is 11.9. The number of esters is 1. The van der Waals surface area contributed by atoms with Gasteiger partial charge in [0, 0.05) is 12.1 Å². The second kappa shape index (κ2) is 4.87. The largest absolute Gasteiger partial charge is 0.453 e. The first kappa shape index (κ1) is 13.9. The molecule has 0 saturated carbocycles. The lowest BCUT2D eigenvalue weighted by Gasteiger charge is -2.30. The van der Waals surface area contributed by atoms with Gasteiger partial charge in [-0.15, -0.1) is 0 Å². The van der Waals surface area contributed by atoms with E-state index in [2.05, 4.69) is 0 Å². The lowest BCUT2D eigenvalue weighted by atomic mass is 10.1. The number of likely N-dealkylation sites (tertiary alicyclic amines) is 1. The molecule has 0 aromatic carbocycles. The van der Waals surface area contributed by atoms with Gasteiger partial charge in [0.25, 0.3) is 0 Å². The van der Waals surface area contributed by atoms with Crippen molar-refractivity contribution in [1.82, 2.24) is 4.90 Å². The molecule has 0 aromatic rings. The van der Waals surface area contributed by atoms with Crippen molar-refractivity contribution in [1.29, 1.82) is 0 Å². The van der Waals surface area contributed by atoms with Crippen molar-refractivity contribution in [3.63, 3.8) is 0 Å². The molecule has 1 fully saturated rings. The molecule has 5 nitrogen and oxygen atoms in total. The summed E-state index contributed by atoms with van der Waals surface area (Å²) in [4.78, 5) is 25.2. The fourth-order valence-electron chi connectivity index (χ4n) is 2.44. The molecule has 0 unspecified atom stereocenters. The third kappa shape index (κ3) is 3.08. The number of rotatable bonds is 1. The number of cyclic esters (lactones) is 1. The SMILES string of the molecule is CC1=C[C@@H]([C@@H]2CCCN2C(=O)OC(C)(C)C)OC1=O. The van der Waals surface area contributed by atoms with Crippen molar-refractivity contribution in [3.05, 3.63) is 11.6 Å². The van der Waals surface area contributed by atoms with E-state index in [0.717, 1.165) is 12.8 Å². The Hall–Kier alpha value is -1.52. The highest BCUT2D eigenvalue weighted by molar-refractivity contribution is 5.90. The van der Waals surface area contributed by atoms with Crippen molar-refractivity contribution >= 4 is 12.1 Å². The quantitative estimate of drug-likeness (QED) is 0.684. The van der Waals surface area contributed by atoms with Crippen LogP contribution in [0.15, 0.2) is 11.6 Å². The maximum Gasteiger partial charge on any atom is 0.410 e. The summed E-state index contributed by atoms with van der Waals surface area (Å²) in [5.74, 6) is -0.291. The number of carbonyl (C=O) groups excluding carboxylic acids is 2. The van der Waals surface area contributed by atoms with Gasteiger partial charge in [0.15, 0.2) is 0 Å². The van der Waals surface area contributed by atoms with Crippen LogP contribution in [0.5, 0.6) is 0 Å². The summed E-state index contributed by atoms with van der Waals surface area (Å²) in [7, 11) is 0. The van der Waals surface area contributed by atoms with Gasteiger partial charge in [0.05, 0.1) is 6.04 Å². The Kier molecular flexibility index (Phi) is 3.56. The zero-order valence-corrected chi connectivity index (χ0v) is 11.9. The van der Waals surface area contributed by atoms with E-state index in [9.17, 15) is 9.59 Å². The van der Waals surface area contributed by atoms with Crippen LogP contribution >= 0.6 is 0 Å². The average molecular weight is 267 g/mol. The predicted octanol–water partition coefficient (Wildman–Crippen LogP) is 2.26. The normalized spacial score (nSPS) is 27.3. The first-order valence-electron chi connectivity index (χ1n) is 6.67. The highest BCUT2D eigenvalue weighted by Gasteiger charge is 2.40. The number of ether oxygens (including phenoxy) is 2. The standard InChI is InChI=1S/C14H21NO4/c1-9-8-11(18-12(9)16)10-6-5-7-15(10)13(17)19-14(2,3)4/h8,10-11H,5-7H2,1-4H3/t10-,11-/m0/s1. The summed E-state index contributed by atoms with van der Waals surface area (Å²) < 4.78 is 10.7. The van der Waals surface area contributed by atoms with Crippen molar-refractivity contribution in [2.75, 3.05) is 6.54 Å². The Morgan fingerprint density at radius 3 is 2.68 bits per heavy atom. The van der Waals surface area contributed by atoms with Gasteiger partial charge >= 0.3 is 12.1 Å². The van der Waals surface area contributed by atoms with Gasteiger partial charge in [-0.05, 0) is 46.6 Å². The van der Waals surface area contributed by atoms with Crippen LogP contribution in [0.4, 0.5) is 4.79 Å². The van der Waals surface area contributed by atoms with E-state index in [0.29, 0.717) is 12.1 Å². The van der Waals surface area contributed by atoms with Gasteiger partial charge in [-0.25, -0.2) is 9.59 Å². The van der Waals surface area contributed by atoms with Crippen molar-refractivity contribution < 1.29 is 19.1 Å². The molecule has 0 bridgehead atoms. The van der Waals surface area contributed by atoms with Crippen molar-refractivity contribution in [2.45, 2.75) is 58.3 Å². The molecule has 2 aliphatic rings. The van der Waals surface area contributed by atoms with Crippen LogP contribution in [0.3, 0.4) is 0 Å². The molecule has 2 atom stereocenters. The second-order valence-corrected chi connectivity index (χ2v) is 6.10. The maximum absolute atomic E-state index is 12.1. The van der Waals surface area contributed by atoms with Gasteiger partial charge in [0.2, 0.25) is 0 Å². The number of nitrogens with zero attached hydrogens (tertiary/aromatic N) is 1. The highest BCUT2D eigenvalue weighted by Crippen LogP contribution is 2.28. The van der Waals surface area contributed by atoms with E-state index >= 15 is 0 Å². The molecular weight excluding hydrogens is 246 g/mol. The molecular formula is C14H21NO4. The van der Waals surface area contributed by atoms with E-state index in [1.165, 1.54) is 0 Å². The Balaban J connectivity index is 2.06. The van der Waals surface area contributed by atoms with Gasteiger partial charge in [-0.3, -0.25) is 0 Å². The summed E-state index contributed by atoms with van der Waals surface area (Å²) in [5, 5.41) is 0. The second-order valence-electron chi connectivity index (χ2n) is 6.10. The minimum atomic E-state index is -0.512. The smallest absolute Gasteiger partial charge is 0.410 e. The highest BCUT2D eigenvalue weighted by atomic mass is 16.6. The van der Waals surface area contributed by atoms with Gasteiger partial charge in [-0.2, -0.15) is 0 Å². The predicted molar refractivity (Wildman–Crippen MR) is 69.6 cm³/mol. The van der Waals surface area contributed by atoms with Gasteiger partial charge in [0.1, 0.15) is 11.7 Å². The molecule has 1 saturated heterocycles. The molecule has 0 aromatic heterocycles. The first-order valence-corrected chi connectivity index (χ1v) is 6.67. The minimum Gasteiger partial charge on any atom is -0.453 e. The molecule has 106 valence electrons. The minimum absolute atomic E-state index is 0.101. The van der Waals surface area contributed by atoms with Crippen LogP contribution in [-0.2, 0) is 14.3 Å². The third-order valence-corrected chi connectivity index (χ3v) is 3.29. The van der Waals surface area contributed by atoms with Crippen molar-refractivity contribution in [3.8, 4) is 0 Å². The summed E-state index contributed by atoms with van der Waals surface area (Å²) in [6, 6.07) is -0.101. The molecule has 2 heterocycles. The number of hydrogen-bond acceptors (Lipinski definition) is 4. The molecule has 0 N–H and O–H groups in total. The summed E-state index contributed by atoms with van der Waals surface area (Å²) in [5.41, 5.74) is 0.100. The van der Waals surface area contributed by atoms with Crippen LogP contribution in [0, 0.1) is 0 Å². The molecule has 2 aliphatic heterocycles. The van der Waals surface area contributed by atoms with E-state index in [4.69, 9.17) is 9.47 Å². The Morgan fingerprint density at radius 1 is 1.47 bits per heavy atom. The molecule has 5 heteroatoms. The molecule has 1 amide bonds. The zero-order chi connectivity index (χ0) is 14.2. The van der Waals surface area contributed by atoms with Crippen LogP contribution in [0.25, 0.3) is 0 Å². The monoisotopic (exact) mass is 267 g/mol. The Labute approximate surface area is 113 Å².